The smallest absolute Gasteiger partial charge is 0.317 e. The van der Waals surface area contributed by atoms with Crippen molar-refractivity contribution < 1.29 is 4.55 Å². The monoisotopic (exact) mass is 239 g/mol. The first-order chi connectivity index (χ1) is 7.81. The molecule has 0 amide bonds. The highest BCUT2D eigenvalue weighted by Gasteiger charge is 2.20. The molecule has 0 saturated heterocycles. The average molecular weight is 239 g/mol. The van der Waals surface area contributed by atoms with E-state index in [-0.39, 0.29) is 0 Å². The minimum atomic E-state index is -1.17. The molecule has 1 aromatic rings. The van der Waals surface area contributed by atoms with Gasteiger partial charge in [-0.2, -0.15) is 9.81 Å². The lowest BCUT2D eigenvalue weighted by atomic mass is 9.71. The van der Waals surface area contributed by atoms with Crippen LogP contribution in [0.3, 0.4) is 0 Å². The van der Waals surface area contributed by atoms with Crippen molar-refractivity contribution in [2.75, 3.05) is 6.54 Å². The number of hydrogen-bond acceptors (Lipinski definition) is 7. The third-order valence-corrected chi connectivity index (χ3v) is 2.39. The van der Waals surface area contributed by atoms with Crippen molar-refractivity contribution in [3.63, 3.8) is 0 Å². The average Bonchev–Trinajstić information content (AvgIpc) is 2.33. The van der Waals surface area contributed by atoms with E-state index in [0.29, 0.717) is 24.2 Å². The van der Waals surface area contributed by atoms with Crippen LogP contribution in [0.15, 0.2) is 34.4 Å². The molecule has 0 unspecified atom stereocenters. The highest BCUT2D eigenvalue weighted by Crippen LogP contribution is 2.00. The standard InChI is InChI=1S/C8H10BN3O3S/c13-11-9(12-14)8-3-1-7(2-4-8)5-6-10-16-15/h1-4,10,15H,5-6H2. The Hall–Kier alpha value is -1.25. The first-order valence-electron chi connectivity index (χ1n) is 4.59. The van der Waals surface area contributed by atoms with Crippen molar-refractivity contribution in [1.82, 2.24) is 4.72 Å². The SMILES string of the molecule is O=NB(N=O)c1ccc(CCNSO)cc1. The summed E-state index contributed by atoms with van der Waals surface area (Å²) in [5.41, 5.74) is 1.51. The second-order valence-electron chi connectivity index (χ2n) is 3.06. The summed E-state index contributed by atoms with van der Waals surface area (Å²) in [5.74, 6) is 0. The van der Waals surface area contributed by atoms with E-state index in [4.69, 9.17) is 4.55 Å². The first-order valence-corrected chi connectivity index (χ1v) is 5.36. The number of rotatable bonds is 7. The van der Waals surface area contributed by atoms with Gasteiger partial charge >= 0.3 is 6.98 Å². The van der Waals surface area contributed by atoms with E-state index in [1.807, 2.05) is 0 Å². The van der Waals surface area contributed by atoms with E-state index in [1.54, 1.807) is 24.3 Å². The number of hydrogen-bond donors (Lipinski definition) is 2. The Bertz CT molecular complexity index is 341. The van der Waals surface area contributed by atoms with Crippen LogP contribution in [0.25, 0.3) is 0 Å². The molecule has 8 heteroatoms. The largest absolute Gasteiger partial charge is 0.548 e. The van der Waals surface area contributed by atoms with Crippen molar-refractivity contribution in [2.24, 2.45) is 10.2 Å². The predicted octanol–water partition coefficient (Wildman–Crippen LogP) is 1.17. The second-order valence-corrected chi connectivity index (χ2v) is 3.53. The van der Waals surface area contributed by atoms with Gasteiger partial charge in [0.2, 0.25) is 0 Å². The van der Waals surface area contributed by atoms with Crippen LogP contribution in [0.1, 0.15) is 5.56 Å². The van der Waals surface area contributed by atoms with E-state index in [9.17, 15) is 9.81 Å². The van der Waals surface area contributed by atoms with Gasteiger partial charge in [0.05, 0.1) is 12.2 Å². The molecule has 0 aliphatic carbocycles. The van der Waals surface area contributed by atoms with E-state index < -0.39 is 6.98 Å². The molecule has 0 atom stereocenters. The van der Waals surface area contributed by atoms with Crippen LogP contribution >= 0.6 is 12.2 Å². The fourth-order valence-corrected chi connectivity index (χ4v) is 1.43. The van der Waals surface area contributed by atoms with Gasteiger partial charge in [-0.05, 0) is 17.4 Å². The maximum absolute atomic E-state index is 10.2. The lowest BCUT2D eigenvalue weighted by molar-refractivity contribution is 0.649. The van der Waals surface area contributed by atoms with Gasteiger partial charge in [-0.25, -0.2) is 4.72 Å². The quantitative estimate of drug-likeness (QED) is 0.245. The van der Waals surface area contributed by atoms with Gasteiger partial charge in [0.25, 0.3) is 0 Å². The summed E-state index contributed by atoms with van der Waals surface area (Å²) in [5, 5.41) is 5.21. The molecule has 1 aromatic carbocycles. The Morgan fingerprint density at radius 1 is 1.25 bits per heavy atom. The van der Waals surface area contributed by atoms with Gasteiger partial charge in [0.1, 0.15) is 0 Å². The molecule has 84 valence electrons. The van der Waals surface area contributed by atoms with E-state index >= 15 is 0 Å². The first kappa shape index (κ1) is 12.8. The minimum absolute atomic E-state index is 0.484. The molecule has 16 heavy (non-hydrogen) atoms. The van der Waals surface area contributed by atoms with Gasteiger partial charge in [-0.1, -0.05) is 34.4 Å². The summed E-state index contributed by atoms with van der Waals surface area (Å²) in [6.07, 6.45) is 0.738. The second kappa shape index (κ2) is 7.10. The Morgan fingerprint density at radius 3 is 2.38 bits per heavy atom. The molecule has 0 radical (unpaired) electrons. The summed E-state index contributed by atoms with van der Waals surface area (Å²) in [6.45, 7) is -0.540. The molecule has 0 fully saturated rings. The van der Waals surface area contributed by atoms with Crippen LogP contribution in [-0.4, -0.2) is 18.1 Å². The molecule has 0 aliphatic heterocycles. The van der Waals surface area contributed by atoms with Gasteiger partial charge < -0.3 is 4.55 Å². The highest BCUT2D eigenvalue weighted by atomic mass is 32.2. The topological polar surface area (TPSA) is 91.1 Å². The summed E-state index contributed by atoms with van der Waals surface area (Å²) in [4.78, 5) is 20.5. The molecule has 0 spiro atoms. The zero-order valence-corrected chi connectivity index (χ0v) is 9.18. The van der Waals surface area contributed by atoms with Crippen LogP contribution in [-0.2, 0) is 6.42 Å². The van der Waals surface area contributed by atoms with Gasteiger partial charge in [-0.3, -0.25) is 0 Å². The number of nitrogens with one attached hydrogen (secondary N) is 1. The third-order valence-electron chi connectivity index (χ3n) is 2.06. The lowest BCUT2D eigenvalue weighted by Gasteiger charge is -2.02. The Labute approximate surface area is 97.2 Å². The molecule has 2 N–H and O–H groups in total. The van der Waals surface area contributed by atoms with E-state index in [0.717, 1.165) is 12.0 Å². The fourth-order valence-electron chi connectivity index (χ4n) is 1.24. The molecular weight excluding hydrogens is 229 g/mol. The Morgan fingerprint density at radius 2 is 1.88 bits per heavy atom. The predicted molar refractivity (Wildman–Crippen MR) is 65.3 cm³/mol. The van der Waals surface area contributed by atoms with Crippen LogP contribution in [0.2, 0.25) is 0 Å². The van der Waals surface area contributed by atoms with Crippen LogP contribution in [0, 0.1) is 9.81 Å². The molecule has 6 nitrogen and oxygen atoms in total. The molecule has 0 aromatic heterocycles. The highest BCUT2D eigenvalue weighted by molar-refractivity contribution is 7.91. The molecule has 0 heterocycles. The zero-order valence-electron chi connectivity index (χ0n) is 8.37. The summed E-state index contributed by atoms with van der Waals surface area (Å²) >= 11 is 0.574. The molecular formula is C8H10BN3O3S. The van der Waals surface area contributed by atoms with Gasteiger partial charge in [0.15, 0.2) is 0 Å². The van der Waals surface area contributed by atoms with Crippen molar-refractivity contribution in [3.8, 4) is 0 Å². The number of nitroso groups, excluding NO2 is 2. The van der Waals surface area contributed by atoms with Crippen molar-refractivity contribution in [3.05, 3.63) is 39.6 Å². The normalized spacial score (nSPS) is 9.81. The third kappa shape index (κ3) is 3.72. The number of benzene rings is 1. The van der Waals surface area contributed by atoms with Crippen LogP contribution in [0.5, 0.6) is 0 Å². The Balaban J connectivity index is 2.60. The zero-order chi connectivity index (χ0) is 11.8. The maximum Gasteiger partial charge on any atom is 0.548 e. The summed E-state index contributed by atoms with van der Waals surface area (Å²) in [7, 11) is 0. The molecule has 0 saturated carbocycles. The van der Waals surface area contributed by atoms with Gasteiger partial charge in [0, 0.05) is 6.54 Å². The maximum atomic E-state index is 10.2. The van der Waals surface area contributed by atoms with Crippen LogP contribution in [0.4, 0.5) is 0 Å². The van der Waals surface area contributed by atoms with Crippen LogP contribution < -0.4 is 10.2 Å². The lowest BCUT2D eigenvalue weighted by Crippen LogP contribution is -2.25. The fraction of sp³-hybridized carbons (Fsp3) is 0.250. The van der Waals surface area contributed by atoms with E-state index in [1.165, 1.54) is 0 Å². The van der Waals surface area contributed by atoms with Crippen molar-refractivity contribution >= 4 is 24.7 Å². The number of nitrogens with zero attached hydrogens (tertiary/aromatic N) is 2. The van der Waals surface area contributed by atoms with Gasteiger partial charge in [-0.15, -0.1) is 0 Å². The van der Waals surface area contributed by atoms with Crippen molar-refractivity contribution in [1.29, 1.82) is 0 Å². The Kier molecular flexibility index (Phi) is 5.69. The summed E-state index contributed by atoms with van der Waals surface area (Å²) < 4.78 is 11.1. The molecule has 0 bridgehead atoms. The minimum Gasteiger partial charge on any atom is -0.317 e. The van der Waals surface area contributed by atoms with E-state index in [2.05, 4.69) is 14.9 Å². The van der Waals surface area contributed by atoms with Crippen molar-refractivity contribution in [2.45, 2.75) is 6.42 Å². The molecule has 1 rings (SSSR count). The summed E-state index contributed by atoms with van der Waals surface area (Å²) in [6, 6.07) is 6.88. The molecule has 0 aliphatic rings.